The number of phenolic OH excluding ortho intramolecular Hbond substituents is 1. The van der Waals surface area contributed by atoms with Crippen LogP contribution in [-0.4, -0.2) is 30.6 Å². The number of para-hydroxylation sites is 1. The summed E-state index contributed by atoms with van der Waals surface area (Å²) in [5.74, 6) is -0.306. The highest BCUT2D eigenvalue weighted by atomic mass is 32.2. The van der Waals surface area contributed by atoms with Crippen molar-refractivity contribution in [3.63, 3.8) is 0 Å². The van der Waals surface area contributed by atoms with Crippen molar-refractivity contribution in [3.8, 4) is 5.75 Å². The predicted octanol–water partition coefficient (Wildman–Crippen LogP) is 1.14. The van der Waals surface area contributed by atoms with E-state index in [9.17, 15) is 8.42 Å². The van der Waals surface area contributed by atoms with Gasteiger partial charge in [-0.15, -0.1) is 0 Å². The van der Waals surface area contributed by atoms with Crippen molar-refractivity contribution in [1.29, 1.82) is 0 Å². The van der Waals surface area contributed by atoms with Crippen molar-refractivity contribution in [2.45, 2.75) is 4.90 Å². The maximum Gasteiger partial charge on any atom is 0.300 e. The molecule has 7 heteroatoms. The average Bonchev–Trinajstić information content (AvgIpc) is 2.88. The Morgan fingerprint density at radius 3 is 2.47 bits per heavy atom. The summed E-state index contributed by atoms with van der Waals surface area (Å²) in [7, 11) is -2.74. The number of H-pyrrole nitrogens is 1. The lowest BCUT2D eigenvalue weighted by Gasteiger charge is -2.02. The van der Waals surface area contributed by atoms with Crippen LogP contribution in [0.25, 0.3) is 0 Å². The number of hydrogen-bond donors (Lipinski definition) is 2. The molecular formula is C10H12N2O4S. The zero-order valence-electron chi connectivity index (χ0n) is 9.07. The second-order valence-corrected chi connectivity index (χ2v) is 4.53. The van der Waals surface area contributed by atoms with E-state index in [1.165, 1.54) is 24.3 Å². The minimum Gasteiger partial charge on any atom is -0.506 e. The number of benzene rings is 1. The third kappa shape index (κ3) is 3.89. The molecule has 1 heterocycles. The summed E-state index contributed by atoms with van der Waals surface area (Å²) in [6, 6.07) is 5.59. The molecule has 0 unspecified atom stereocenters. The average molecular weight is 256 g/mol. The normalized spacial score (nSPS) is 10.4. The van der Waals surface area contributed by atoms with Gasteiger partial charge in [0.2, 0.25) is 0 Å². The van der Waals surface area contributed by atoms with Crippen LogP contribution in [0.1, 0.15) is 0 Å². The Hall–Kier alpha value is -1.86. The molecule has 1 aromatic heterocycles. The first-order valence-corrected chi connectivity index (χ1v) is 6.00. The van der Waals surface area contributed by atoms with Crippen LogP contribution in [0.4, 0.5) is 0 Å². The molecule has 2 rings (SSSR count). The number of aromatic amines is 1. The van der Waals surface area contributed by atoms with Crippen molar-refractivity contribution in [2.24, 2.45) is 0 Å². The van der Waals surface area contributed by atoms with E-state index in [2.05, 4.69) is 14.2 Å². The number of aromatic nitrogens is 2. The molecule has 0 radical (unpaired) electrons. The number of rotatable bonds is 2. The summed E-state index contributed by atoms with van der Waals surface area (Å²) in [5, 5.41) is 9.12. The zero-order chi connectivity index (χ0) is 12.7. The second-order valence-electron chi connectivity index (χ2n) is 2.85. The van der Waals surface area contributed by atoms with Crippen LogP contribution in [0.3, 0.4) is 0 Å². The van der Waals surface area contributed by atoms with Gasteiger partial charge in [-0.25, -0.2) is 4.98 Å². The van der Waals surface area contributed by atoms with E-state index < -0.39 is 10.1 Å². The molecule has 0 spiro atoms. The van der Waals surface area contributed by atoms with Gasteiger partial charge in [-0.2, -0.15) is 8.42 Å². The number of imidazole rings is 1. The molecule has 92 valence electrons. The van der Waals surface area contributed by atoms with Gasteiger partial charge in [-0.1, -0.05) is 12.1 Å². The minimum absolute atomic E-state index is 0.215. The van der Waals surface area contributed by atoms with Crippen LogP contribution in [0.2, 0.25) is 0 Å². The first-order valence-electron chi connectivity index (χ1n) is 4.59. The Morgan fingerprint density at radius 2 is 2.06 bits per heavy atom. The van der Waals surface area contributed by atoms with Gasteiger partial charge in [0.15, 0.2) is 0 Å². The van der Waals surface area contributed by atoms with Crippen LogP contribution < -0.4 is 0 Å². The smallest absolute Gasteiger partial charge is 0.300 e. The molecule has 0 atom stereocenters. The zero-order valence-corrected chi connectivity index (χ0v) is 9.89. The van der Waals surface area contributed by atoms with Crippen LogP contribution in [-0.2, 0) is 14.3 Å². The van der Waals surface area contributed by atoms with Crippen LogP contribution >= 0.6 is 0 Å². The van der Waals surface area contributed by atoms with E-state index in [1.807, 2.05) is 0 Å². The number of nitrogens with zero attached hydrogens (tertiary/aromatic N) is 1. The van der Waals surface area contributed by atoms with Gasteiger partial charge in [0.05, 0.1) is 13.4 Å². The highest BCUT2D eigenvalue weighted by molar-refractivity contribution is 7.86. The Balaban J connectivity index is 0.000000239. The molecule has 0 aliphatic heterocycles. The SMILES string of the molecule is COS(=O)(=O)c1ccccc1O.c1c[nH]cn1. The molecule has 0 aliphatic rings. The first kappa shape index (κ1) is 13.2. The quantitative estimate of drug-likeness (QED) is 0.786. The standard InChI is InChI=1S/C7H8O4S.C3H4N2/c1-11-12(9,10)7-5-3-2-4-6(7)8;1-2-5-3-4-1/h2-5,8H,1H3;1-3H,(H,4,5). The minimum atomic E-state index is -3.78. The predicted molar refractivity (Wildman–Crippen MR) is 60.9 cm³/mol. The summed E-state index contributed by atoms with van der Waals surface area (Å²) in [4.78, 5) is 6.20. The molecule has 0 amide bonds. The lowest BCUT2D eigenvalue weighted by molar-refractivity contribution is 0.390. The van der Waals surface area contributed by atoms with E-state index in [4.69, 9.17) is 5.11 Å². The van der Waals surface area contributed by atoms with E-state index in [0.717, 1.165) is 7.11 Å². The molecule has 0 fully saturated rings. The molecular weight excluding hydrogens is 244 g/mol. The van der Waals surface area contributed by atoms with Gasteiger partial charge < -0.3 is 10.1 Å². The topological polar surface area (TPSA) is 92.3 Å². The molecule has 0 saturated heterocycles. The number of aromatic hydroxyl groups is 1. The summed E-state index contributed by atoms with van der Waals surface area (Å²) in [5.41, 5.74) is 0. The fourth-order valence-electron chi connectivity index (χ4n) is 0.974. The summed E-state index contributed by atoms with van der Waals surface area (Å²) >= 11 is 0. The van der Waals surface area contributed by atoms with Crippen molar-refractivity contribution in [2.75, 3.05) is 7.11 Å². The Bertz CT molecular complexity index is 520. The second kappa shape index (κ2) is 6.02. The lowest BCUT2D eigenvalue weighted by Crippen LogP contribution is -2.02. The number of hydrogen-bond acceptors (Lipinski definition) is 5. The van der Waals surface area contributed by atoms with E-state index in [1.54, 1.807) is 18.7 Å². The largest absolute Gasteiger partial charge is 0.506 e. The van der Waals surface area contributed by atoms with Gasteiger partial charge in [0.1, 0.15) is 10.6 Å². The highest BCUT2D eigenvalue weighted by Crippen LogP contribution is 2.22. The van der Waals surface area contributed by atoms with Gasteiger partial charge >= 0.3 is 0 Å². The van der Waals surface area contributed by atoms with Crippen molar-refractivity contribution in [1.82, 2.24) is 9.97 Å². The molecule has 0 saturated carbocycles. The van der Waals surface area contributed by atoms with Crippen molar-refractivity contribution >= 4 is 10.1 Å². The first-order chi connectivity index (χ1) is 8.08. The monoisotopic (exact) mass is 256 g/mol. The van der Waals surface area contributed by atoms with Crippen LogP contribution in [0.15, 0.2) is 47.9 Å². The molecule has 1 aromatic carbocycles. The Labute approximate surface area is 99.0 Å². The van der Waals surface area contributed by atoms with Gasteiger partial charge in [-0.3, -0.25) is 4.18 Å². The van der Waals surface area contributed by atoms with Gasteiger partial charge in [0, 0.05) is 12.4 Å². The Kier molecular flexibility index (Phi) is 4.68. The van der Waals surface area contributed by atoms with E-state index in [-0.39, 0.29) is 10.6 Å². The lowest BCUT2D eigenvalue weighted by atomic mass is 10.3. The molecule has 6 nitrogen and oxygen atoms in total. The third-order valence-electron chi connectivity index (χ3n) is 1.76. The maximum absolute atomic E-state index is 11.0. The Morgan fingerprint density at radius 1 is 1.35 bits per heavy atom. The number of nitrogens with one attached hydrogen (secondary N) is 1. The van der Waals surface area contributed by atoms with E-state index in [0.29, 0.717) is 0 Å². The fraction of sp³-hybridized carbons (Fsp3) is 0.100. The maximum atomic E-state index is 11.0. The fourth-order valence-corrected chi connectivity index (χ4v) is 1.72. The van der Waals surface area contributed by atoms with Crippen molar-refractivity contribution in [3.05, 3.63) is 43.0 Å². The molecule has 0 aliphatic carbocycles. The van der Waals surface area contributed by atoms with Gasteiger partial charge in [0.25, 0.3) is 10.1 Å². The van der Waals surface area contributed by atoms with Crippen molar-refractivity contribution < 1.29 is 17.7 Å². The highest BCUT2D eigenvalue weighted by Gasteiger charge is 2.16. The van der Waals surface area contributed by atoms with Gasteiger partial charge in [-0.05, 0) is 12.1 Å². The summed E-state index contributed by atoms with van der Waals surface area (Å²) < 4.78 is 26.3. The number of phenols is 1. The summed E-state index contributed by atoms with van der Waals surface area (Å²) in [6.45, 7) is 0. The van der Waals surface area contributed by atoms with Crippen LogP contribution in [0.5, 0.6) is 5.75 Å². The van der Waals surface area contributed by atoms with Crippen LogP contribution in [0, 0.1) is 0 Å². The molecule has 0 bridgehead atoms. The van der Waals surface area contributed by atoms with E-state index >= 15 is 0 Å². The molecule has 2 N–H and O–H groups in total. The molecule has 2 aromatic rings. The third-order valence-corrected chi connectivity index (χ3v) is 3.08. The molecule has 17 heavy (non-hydrogen) atoms. The summed E-state index contributed by atoms with van der Waals surface area (Å²) in [6.07, 6.45) is 5.08.